The molecule has 0 bridgehead atoms. The molecule has 0 aliphatic carbocycles. The lowest BCUT2D eigenvalue weighted by molar-refractivity contribution is 0.171. The summed E-state index contributed by atoms with van der Waals surface area (Å²) < 4.78 is 10.7. The molecule has 94 valence electrons. The first-order chi connectivity index (χ1) is 8.20. The van der Waals surface area contributed by atoms with E-state index in [1.54, 1.807) is 7.11 Å². The van der Waals surface area contributed by atoms with Crippen molar-refractivity contribution in [2.75, 3.05) is 20.3 Å². The second-order valence-corrected chi connectivity index (χ2v) is 4.83. The molecule has 0 saturated carbocycles. The second-order valence-electron chi connectivity index (χ2n) is 4.39. The normalized spacial score (nSPS) is 15.5. The predicted octanol–water partition coefficient (Wildman–Crippen LogP) is 2.40. The van der Waals surface area contributed by atoms with Gasteiger partial charge in [0.2, 0.25) is 0 Å². The molecule has 0 spiro atoms. The Balaban J connectivity index is 2.05. The zero-order valence-corrected chi connectivity index (χ0v) is 11.0. The Kier molecular flexibility index (Phi) is 4.26. The molecule has 3 nitrogen and oxygen atoms in total. The second kappa shape index (κ2) is 5.71. The van der Waals surface area contributed by atoms with E-state index in [1.165, 1.54) is 5.56 Å². The van der Waals surface area contributed by atoms with E-state index in [4.69, 9.17) is 21.1 Å². The van der Waals surface area contributed by atoms with Crippen LogP contribution < -0.4 is 10.1 Å². The standard InChI is InChI=1S/C13H18ClNO2/c1-9(8-16-2)15-7-11-6-12(14)5-10-3-4-17-13(10)11/h5-6,9,15H,3-4,7-8H2,1-2H3/t9-/m1/s1. The van der Waals surface area contributed by atoms with Crippen molar-refractivity contribution in [2.24, 2.45) is 0 Å². The van der Waals surface area contributed by atoms with Gasteiger partial charge >= 0.3 is 0 Å². The van der Waals surface area contributed by atoms with Crippen LogP contribution in [0.5, 0.6) is 5.75 Å². The molecule has 1 aliphatic rings. The summed E-state index contributed by atoms with van der Waals surface area (Å²) in [5, 5.41) is 4.18. The van der Waals surface area contributed by atoms with Crippen LogP contribution in [-0.4, -0.2) is 26.4 Å². The average Bonchev–Trinajstić information content (AvgIpc) is 2.74. The van der Waals surface area contributed by atoms with E-state index in [0.29, 0.717) is 12.6 Å². The highest BCUT2D eigenvalue weighted by Gasteiger charge is 2.17. The largest absolute Gasteiger partial charge is 0.493 e. The lowest BCUT2D eigenvalue weighted by atomic mass is 10.1. The molecule has 4 heteroatoms. The summed E-state index contributed by atoms with van der Waals surface area (Å²) in [6.45, 7) is 4.31. The maximum Gasteiger partial charge on any atom is 0.127 e. The quantitative estimate of drug-likeness (QED) is 0.877. The Morgan fingerprint density at radius 1 is 1.53 bits per heavy atom. The van der Waals surface area contributed by atoms with E-state index < -0.39 is 0 Å². The third-order valence-corrected chi connectivity index (χ3v) is 3.10. The molecule has 2 rings (SSSR count). The Morgan fingerprint density at radius 3 is 3.12 bits per heavy atom. The van der Waals surface area contributed by atoms with E-state index >= 15 is 0 Å². The fourth-order valence-corrected chi connectivity index (χ4v) is 2.33. The Hall–Kier alpha value is -0.770. The summed E-state index contributed by atoms with van der Waals surface area (Å²) in [5.41, 5.74) is 2.35. The van der Waals surface area contributed by atoms with E-state index in [-0.39, 0.29) is 0 Å². The molecule has 1 aliphatic heterocycles. The van der Waals surface area contributed by atoms with Gasteiger partial charge in [-0.1, -0.05) is 11.6 Å². The highest BCUT2D eigenvalue weighted by Crippen LogP contribution is 2.32. The minimum absolute atomic E-state index is 0.316. The van der Waals surface area contributed by atoms with Crippen LogP contribution in [0.1, 0.15) is 18.1 Å². The Labute approximate surface area is 107 Å². The van der Waals surface area contributed by atoms with E-state index in [1.807, 2.05) is 12.1 Å². The minimum Gasteiger partial charge on any atom is -0.493 e. The number of methoxy groups -OCH3 is 1. The molecular weight excluding hydrogens is 238 g/mol. The minimum atomic E-state index is 0.316. The fraction of sp³-hybridized carbons (Fsp3) is 0.538. The molecule has 0 amide bonds. The van der Waals surface area contributed by atoms with Gasteiger partial charge in [0, 0.05) is 36.7 Å². The van der Waals surface area contributed by atoms with Crippen molar-refractivity contribution in [1.29, 1.82) is 0 Å². The number of hydrogen-bond acceptors (Lipinski definition) is 3. The van der Waals surface area contributed by atoms with Crippen molar-refractivity contribution in [2.45, 2.75) is 25.9 Å². The molecule has 0 unspecified atom stereocenters. The van der Waals surface area contributed by atoms with E-state index in [2.05, 4.69) is 12.2 Å². The van der Waals surface area contributed by atoms with Gasteiger partial charge in [0.1, 0.15) is 5.75 Å². The average molecular weight is 256 g/mol. The van der Waals surface area contributed by atoms with Crippen molar-refractivity contribution in [3.8, 4) is 5.75 Å². The van der Waals surface area contributed by atoms with Crippen LogP contribution >= 0.6 is 11.6 Å². The van der Waals surface area contributed by atoms with Gasteiger partial charge in [0.25, 0.3) is 0 Å². The first-order valence-corrected chi connectivity index (χ1v) is 6.25. The van der Waals surface area contributed by atoms with E-state index in [0.717, 1.165) is 35.9 Å². The first-order valence-electron chi connectivity index (χ1n) is 5.87. The Bertz CT molecular complexity index is 395. The molecule has 1 atom stereocenters. The van der Waals surface area contributed by atoms with E-state index in [9.17, 15) is 0 Å². The van der Waals surface area contributed by atoms with Crippen molar-refractivity contribution >= 4 is 11.6 Å². The highest BCUT2D eigenvalue weighted by molar-refractivity contribution is 6.30. The number of fused-ring (bicyclic) bond motifs is 1. The zero-order valence-electron chi connectivity index (χ0n) is 10.3. The SMILES string of the molecule is COC[C@@H](C)NCc1cc(Cl)cc2c1OCC2. The number of rotatable bonds is 5. The summed E-state index contributed by atoms with van der Waals surface area (Å²) in [7, 11) is 1.71. The number of hydrogen-bond donors (Lipinski definition) is 1. The van der Waals surface area contributed by atoms with Gasteiger partial charge in [-0.05, 0) is 24.6 Å². The van der Waals surface area contributed by atoms with Crippen molar-refractivity contribution in [3.05, 3.63) is 28.3 Å². The number of nitrogens with one attached hydrogen (secondary N) is 1. The number of ether oxygens (including phenoxy) is 2. The van der Waals surface area contributed by atoms with Crippen molar-refractivity contribution in [1.82, 2.24) is 5.32 Å². The van der Waals surface area contributed by atoms with Gasteiger partial charge < -0.3 is 14.8 Å². The molecule has 1 aromatic carbocycles. The predicted molar refractivity (Wildman–Crippen MR) is 68.8 cm³/mol. The molecule has 17 heavy (non-hydrogen) atoms. The maximum atomic E-state index is 6.10. The first kappa shape index (κ1) is 12.7. The fourth-order valence-electron chi connectivity index (χ4n) is 2.07. The monoisotopic (exact) mass is 255 g/mol. The molecule has 0 saturated heterocycles. The van der Waals surface area contributed by atoms with Crippen LogP contribution in [0.25, 0.3) is 0 Å². The molecule has 0 fully saturated rings. The molecular formula is C13H18ClNO2. The highest BCUT2D eigenvalue weighted by atomic mass is 35.5. The molecule has 1 N–H and O–H groups in total. The molecule has 0 radical (unpaired) electrons. The summed E-state index contributed by atoms with van der Waals surface area (Å²) in [4.78, 5) is 0. The Morgan fingerprint density at radius 2 is 2.35 bits per heavy atom. The van der Waals surface area contributed by atoms with Crippen molar-refractivity contribution < 1.29 is 9.47 Å². The van der Waals surface area contributed by atoms with Gasteiger partial charge in [-0.3, -0.25) is 0 Å². The maximum absolute atomic E-state index is 6.10. The summed E-state index contributed by atoms with van der Waals surface area (Å²) in [5.74, 6) is 1.01. The third kappa shape index (κ3) is 3.12. The smallest absolute Gasteiger partial charge is 0.127 e. The third-order valence-electron chi connectivity index (χ3n) is 2.88. The van der Waals surface area contributed by atoms with Gasteiger partial charge in [0.05, 0.1) is 13.2 Å². The lowest BCUT2D eigenvalue weighted by Crippen LogP contribution is -2.29. The zero-order chi connectivity index (χ0) is 12.3. The van der Waals surface area contributed by atoms with Gasteiger partial charge in [-0.25, -0.2) is 0 Å². The summed E-state index contributed by atoms with van der Waals surface area (Å²) in [6.07, 6.45) is 0.955. The summed E-state index contributed by atoms with van der Waals surface area (Å²) >= 11 is 6.10. The lowest BCUT2D eigenvalue weighted by Gasteiger charge is -2.14. The molecule has 1 aromatic rings. The van der Waals surface area contributed by atoms with Crippen LogP contribution in [-0.2, 0) is 17.7 Å². The van der Waals surface area contributed by atoms with Crippen LogP contribution in [0.15, 0.2) is 12.1 Å². The summed E-state index contributed by atoms with van der Waals surface area (Å²) in [6, 6.07) is 4.28. The number of halogens is 1. The van der Waals surface area contributed by atoms with Crippen LogP contribution in [0.3, 0.4) is 0 Å². The van der Waals surface area contributed by atoms with Crippen molar-refractivity contribution in [3.63, 3.8) is 0 Å². The van der Waals surface area contributed by atoms with Crippen LogP contribution in [0.2, 0.25) is 5.02 Å². The topological polar surface area (TPSA) is 30.5 Å². The molecule has 0 aromatic heterocycles. The number of benzene rings is 1. The molecule has 1 heterocycles. The van der Waals surface area contributed by atoms with Crippen LogP contribution in [0.4, 0.5) is 0 Å². The van der Waals surface area contributed by atoms with Crippen LogP contribution in [0, 0.1) is 0 Å². The van der Waals surface area contributed by atoms with Gasteiger partial charge in [0.15, 0.2) is 0 Å². The van der Waals surface area contributed by atoms with Gasteiger partial charge in [-0.2, -0.15) is 0 Å². The van der Waals surface area contributed by atoms with Gasteiger partial charge in [-0.15, -0.1) is 0 Å².